The van der Waals surface area contributed by atoms with Crippen LogP contribution in [0.25, 0.3) is 0 Å². The fraction of sp³-hybridized carbons (Fsp3) is 0.818. The molecule has 0 aliphatic heterocycles. The van der Waals surface area contributed by atoms with Gasteiger partial charge in [0.15, 0.2) is 12.1 Å². The quantitative estimate of drug-likeness (QED) is 0.569. The van der Waals surface area contributed by atoms with E-state index in [1.165, 1.54) is 0 Å². The Balaban J connectivity index is 1.83. The van der Waals surface area contributed by atoms with E-state index in [0.717, 1.165) is 12.0 Å². The number of carbonyl (C=O) groups excluding carboxylic acids is 2. The minimum absolute atomic E-state index is 0.0212. The van der Waals surface area contributed by atoms with Gasteiger partial charge in [-0.15, -0.1) is 0 Å². The SMILES string of the molecule is COC(OC)[C@H](C)[C@@H]1[C@H]2[C@H]3[C@@H](C[C@@H](C)C(=O)[C@]24C(=O)C=C(C)[C@H]14)C3(C)C. The number of hydrogen-bond donors (Lipinski definition) is 0. The number of methoxy groups -OCH3 is 2. The molecule has 4 rings (SSSR count). The molecule has 0 bridgehead atoms. The maximum Gasteiger partial charge on any atom is 0.170 e. The number of allylic oxidation sites excluding steroid dienone is 2. The Morgan fingerprint density at radius 2 is 1.77 bits per heavy atom. The lowest BCUT2D eigenvalue weighted by atomic mass is 9.40. The highest BCUT2D eigenvalue weighted by atomic mass is 16.7. The highest BCUT2D eigenvalue weighted by Crippen LogP contribution is 2.79. The van der Waals surface area contributed by atoms with Crippen molar-refractivity contribution in [2.75, 3.05) is 14.2 Å². The Bertz CT molecular complexity index is 688. The van der Waals surface area contributed by atoms with Crippen molar-refractivity contribution in [3.8, 4) is 0 Å². The summed E-state index contributed by atoms with van der Waals surface area (Å²) < 4.78 is 11.1. The standard InChI is InChI=1S/C22H32O4/c1-10-9-14(23)22-16(10)15(12(3)20(25-6)26-7)18(22)17-13(21(17,4)5)8-11(2)19(22)24/h9,11-13,15-18,20H,8H2,1-7H3/t11-,12-,13-,15+,16-,17-,18+,22+/m1/s1. The molecular weight excluding hydrogens is 328 g/mol. The molecule has 4 nitrogen and oxygen atoms in total. The lowest BCUT2D eigenvalue weighted by Gasteiger charge is -2.60. The average molecular weight is 360 g/mol. The second-order valence-corrected chi connectivity index (χ2v) is 9.86. The van der Waals surface area contributed by atoms with Crippen LogP contribution in [0.2, 0.25) is 0 Å². The number of carbonyl (C=O) groups is 2. The van der Waals surface area contributed by atoms with E-state index < -0.39 is 5.41 Å². The fourth-order valence-electron chi connectivity index (χ4n) is 7.44. The summed E-state index contributed by atoms with van der Waals surface area (Å²) in [4.78, 5) is 26.7. The van der Waals surface area contributed by atoms with Crippen LogP contribution in [0.15, 0.2) is 11.6 Å². The van der Waals surface area contributed by atoms with Crippen LogP contribution in [0.4, 0.5) is 0 Å². The number of fused-ring (bicyclic) bond motifs is 2. The molecule has 4 aliphatic carbocycles. The van der Waals surface area contributed by atoms with Crippen LogP contribution in [0.5, 0.6) is 0 Å². The summed E-state index contributed by atoms with van der Waals surface area (Å²) >= 11 is 0. The zero-order valence-electron chi connectivity index (χ0n) is 17.0. The van der Waals surface area contributed by atoms with Gasteiger partial charge in [-0.3, -0.25) is 9.59 Å². The maximum absolute atomic E-state index is 13.5. The molecule has 0 aromatic carbocycles. The maximum atomic E-state index is 13.5. The molecule has 0 amide bonds. The van der Waals surface area contributed by atoms with Crippen molar-refractivity contribution in [3.05, 3.63) is 11.6 Å². The van der Waals surface area contributed by atoms with Gasteiger partial charge in [0.25, 0.3) is 0 Å². The number of hydrogen-bond acceptors (Lipinski definition) is 4. The molecular formula is C22H32O4. The Labute approximate surface area is 156 Å². The molecule has 0 N–H and O–H groups in total. The topological polar surface area (TPSA) is 52.6 Å². The van der Waals surface area contributed by atoms with Crippen molar-refractivity contribution in [3.63, 3.8) is 0 Å². The van der Waals surface area contributed by atoms with Gasteiger partial charge in [0.2, 0.25) is 0 Å². The summed E-state index contributed by atoms with van der Waals surface area (Å²) in [5.41, 5.74) is 0.482. The Hall–Kier alpha value is -1.00. The third-order valence-electron chi connectivity index (χ3n) is 8.56. The molecule has 0 heterocycles. The van der Waals surface area contributed by atoms with Crippen LogP contribution in [-0.2, 0) is 19.1 Å². The van der Waals surface area contributed by atoms with Gasteiger partial charge in [-0.05, 0) is 48.5 Å². The minimum Gasteiger partial charge on any atom is -0.356 e. The Kier molecular flexibility index (Phi) is 3.89. The van der Waals surface area contributed by atoms with E-state index in [4.69, 9.17) is 9.47 Å². The van der Waals surface area contributed by atoms with Crippen LogP contribution >= 0.6 is 0 Å². The van der Waals surface area contributed by atoms with E-state index in [9.17, 15) is 9.59 Å². The normalized spacial score (nSPS) is 46.7. The lowest BCUT2D eigenvalue weighted by molar-refractivity contribution is -0.207. The third kappa shape index (κ3) is 1.88. The van der Waals surface area contributed by atoms with Crippen LogP contribution in [0.1, 0.15) is 41.0 Å². The number of ketones is 2. The van der Waals surface area contributed by atoms with Crippen molar-refractivity contribution in [2.45, 2.75) is 47.3 Å². The van der Waals surface area contributed by atoms with Gasteiger partial charge in [0.1, 0.15) is 11.2 Å². The molecule has 4 heteroatoms. The zero-order chi connectivity index (χ0) is 19.2. The second kappa shape index (κ2) is 5.51. The fourth-order valence-corrected chi connectivity index (χ4v) is 7.44. The van der Waals surface area contributed by atoms with Crippen molar-refractivity contribution in [2.24, 2.45) is 52.3 Å². The van der Waals surface area contributed by atoms with Gasteiger partial charge in [-0.1, -0.05) is 33.3 Å². The number of rotatable bonds is 4. The first kappa shape index (κ1) is 18.4. The number of Topliss-reactive ketones (excluding diaryl/α,β-unsaturated/α-hetero) is 1. The van der Waals surface area contributed by atoms with E-state index in [-0.39, 0.29) is 52.9 Å². The molecule has 144 valence electrons. The summed E-state index contributed by atoms with van der Waals surface area (Å²) in [6.07, 6.45) is 2.38. The molecule has 0 unspecified atom stereocenters. The predicted octanol–water partition coefficient (Wildman–Crippen LogP) is 3.50. The molecule has 0 saturated heterocycles. The molecule has 1 spiro atoms. The van der Waals surface area contributed by atoms with Crippen molar-refractivity contribution in [1.29, 1.82) is 0 Å². The van der Waals surface area contributed by atoms with E-state index in [0.29, 0.717) is 11.8 Å². The monoisotopic (exact) mass is 360 g/mol. The second-order valence-electron chi connectivity index (χ2n) is 9.86. The lowest BCUT2D eigenvalue weighted by Crippen LogP contribution is -2.66. The van der Waals surface area contributed by atoms with Crippen LogP contribution in [-0.4, -0.2) is 32.1 Å². The van der Waals surface area contributed by atoms with E-state index in [1.807, 2.05) is 13.8 Å². The van der Waals surface area contributed by atoms with Gasteiger partial charge in [0.05, 0.1) is 0 Å². The predicted molar refractivity (Wildman–Crippen MR) is 98.2 cm³/mol. The minimum atomic E-state index is -0.804. The summed E-state index contributed by atoms with van der Waals surface area (Å²) in [6.45, 7) is 10.9. The van der Waals surface area contributed by atoms with Gasteiger partial charge in [-0.2, -0.15) is 0 Å². The van der Waals surface area contributed by atoms with Crippen molar-refractivity contribution >= 4 is 11.6 Å². The van der Waals surface area contributed by atoms with E-state index >= 15 is 0 Å². The molecule has 4 aliphatic rings. The summed E-state index contributed by atoms with van der Waals surface area (Å²) in [5, 5.41) is 0. The molecule has 26 heavy (non-hydrogen) atoms. The molecule has 0 aromatic heterocycles. The number of ether oxygens (including phenoxy) is 2. The molecule has 0 radical (unpaired) electrons. The van der Waals surface area contributed by atoms with Crippen molar-refractivity contribution in [1.82, 2.24) is 0 Å². The van der Waals surface area contributed by atoms with Crippen LogP contribution < -0.4 is 0 Å². The first-order valence-corrected chi connectivity index (χ1v) is 9.98. The molecule has 8 atom stereocenters. The first-order chi connectivity index (χ1) is 12.1. The van der Waals surface area contributed by atoms with Gasteiger partial charge >= 0.3 is 0 Å². The average Bonchev–Trinajstić information content (AvgIpc) is 3.00. The van der Waals surface area contributed by atoms with Gasteiger partial charge in [-0.25, -0.2) is 0 Å². The van der Waals surface area contributed by atoms with E-state index in [2.05, 4.69) is 20.8 Å². The summed E-state index contributed by atoms with van der Waals surface area (Å²) in [7, 11) is 3.34. The van der Waals surface area contributed by atoms with Gasteiger partial charge in [0, 0.05) is 32.0 Å². The van der Waals surface area contributed by atoms with Gasteiger partial charge < -0.3 is 9.47 Å². The highest BCUT2D eigenvalue weighted by molar-refractivity contribution is 6.17. The highest BCUT2D eigenvalue weighted by Gasteiger charge is 2.81. The molecule has 3 fully saturated rings. The first-order valence-electron chi connectivity index (χ1n) is 9.98. The summed E-state index contributed by atoms with van der Waals surface area (Å²) in [6, 6.07) is 0. The van der Waals surface area contributed by atoms with E-state index in [1.54, 1.807) is 20.3 Å². The van der Waals surface area contributed by atoms with Crippen molar-refractivity contribution < 1.29 is 19.1 Å². The smallest absolute Gasteiger partial charge is 0.170 e. The Morgan fingerprint density at radius 3 is 2.35 bits per heavy atom. The molecule has 3 saturated carbocycles. The largest absolute Gasteiger partial charge is 0.356 e. The summed E-state index contributed by atoms with van der Waals surface area (Å²) in [5.74, 6) is 1.76. The third-order valence-corrected chi connectivity index (χ3v) is 8.56. The van der Waals surface area contributed by atoms with Crippen LogP contribution in [0.3, 0.4) is 0 Å². The zero-order valence-corrected chi connectivity index (χ0v) is 17.0. The Morgan fingerprint density at radius 1 is 1.15 bits per heavy atom. The molecule has 0 aromatic rings. The van der Waals surface area contributed by atoms with Crippen LogP contribution in [0, 0.1) is 52.3 Å².